The summed E-state index contributed by atoms with van der Waals surface area (Å²) in [5.41, 5.74) is 3.02. The number of carbonyl (C=O) groups excluding carboxylic acids is 1. The Morgan fingerprint density at radius 3 is 2.48 bits per heavy atom. The molecule has 3 rings (SSSR count). The fourth-order valence-corrected chi connectivity index (χ4v) is 4.59. The summed E-state index contributed by atoms with van der Waals surface area (Å²) in [6, 6.07) is 7.93. The Kier molecular flexibility index (Phi) is 5.38. The van der Waals surface area contributed by atoms with Crippen LogP contribution in [0.2, 0.25) is 0 Å². The van der Waals surface area contributed by atoms with Crippen LogP contribution in [-0.2, 0) is 16.6 Å². The number of benzene rings is 1. The summed E-state index contributed by atoms with van der Waals surface area (Å²) in [7, 11) is -3.15. The number of fused-ring (bicyclic) bond motifs is 1. The molecule has 7 nitrogen and oxygen atoms in total. The van der Waals surface area contributed by atoms with Gasteiger partial charge in [-0.15, -0.1) is 0 Å². The molecule has 1 atom stereocenters. The first-order valence-electron chi connectivity index (χ1n) is 8.93. The van der Waals surface area contributed by atoms with Crippen LogP contribution in [0.3, 0.4) is 0 Å². The summed E-state index contributed by atoms with van der Waals surface area (Å²) in [4.78, 5) is 13.4. The molecule has 27 heavy (non-hydrogen) atoms. The molecule has 2 aromatic rings. The third kappa shape index (κ3) is 3.76. The van der Waals surface area contributed by atoms with Gasteiger partial charge in [-0.3, -0.25) is 9.69 Å². The van der Waals surface area contributed by atoms with E-state index in [1.807, 2.05) is 23.6 Å². The number of nitriles is 1. The monoisotopic (exact) mass is 388 g/mol. The quantitative estimate of drug-likeness (QED) is 0.726. The van der Waals surface area contributed by atoms with Gasteiger partial charge in [0.1, 0.15) is 18.0 Å². The van der Waals surface area contributed by atoms with Gasteiger partial charge in [-0.2, -0.15) is 9.57 Å². The average Bonchev–Trinajstić information content (AvgIpc) is 3.00. The number of hydrogen-bond donors (Lipinski definition) is 0. The average molecular weight is 388 g/mol. The maximum atomic E-state index is 11.7. The summed E-state index contributed by atoms with van der Waals surface area (Å²) in [5, 5.41) is 10.5. The van der Waals surface area contributed by atoms with Crippen LogP contribution < -0.4 is 0 Å². The molecule has 0 unspecified atom stereocenters. The minimum atomic E-state index is -3.15. The standard InChI is InChI=1S/C19H24N4O3S/c1-14(21-6-8-22(9-7-21)27(3,25)26)12-23-17(11-20)10-18-15(2)16(13-24)4-5-19(18)23/h4-5,10,13-14H,6-9,12H2,1-3H3/t14-/m1/s1. The summed E-state index contributed by atoms with van der Waals surface area (Å²) in [6.07, 6.45) is 2.08. The number of rotatable bonds is 5. The van der Waals surface area contributed by atoms with Crippen molar-refractivity contribution in [2.75, 3.05) is 32.4 Å². The fraction of sp³-hybridized carbons (Fsp3) is 0.474. The van der Waals surface area contributed by atoms with Crippen molar-refractivity contribution < 1.29 is 13.2 Å². The summed E-state index contributed by atoms with van der Waals surface area (Å²) in [6.45, 7) is 6.94. The van der Waals surface area contributed by atoms with E-state index in [1.54, 1.807) is 6.07 Å². The number of aldehydes is 1. The first-order valence-corrected chi connectivity index (χ1v) is 10.8. The highest BCUT2D eigenvalue weighted by atomic mass is 32.2. The van der Waals surface area contributed by atoms with E-state index >= 15 is 0 Å². The Bertz CT molecular complexity index is 1010. The number of carbonyl (C=O) groups is 1. The SMILES string of the molecule is Cc1c(C=O)ccc2c1cc(C#N)n2C[C@@H](C)N1CCN(S(C)(=O)=O)CC1. The van der Waals surface area contributed by atoms with Crippen molar-refractivity contribution in [3.8, 4) is 6.07 Å². The predicted molar refractivity (Wildman–Crippen MR) is 104 cm³/mol. The van der Waals surface area contributed by atoms with E-state index < -0.39 is 10.0 Å². The highest BCUT2D eigenvalue weighted by Crippen LogP contribution is 2.26. The molecule has 8 heteroatoms. The maximum Gasteiger partial charge on any atom is 0.211 e. The predicted octanol–water partition coefficient (Wildman–Crippen LogP) is 1.60. The van der Waals surface area contributed by atoms with Gasteiger partial charge in [0.25, 0.3) is 0 Å². The van der Waals surface area contributed by atoms with Gasteiger partial charge >= 0.3 is 0 Å². The number of piperazine rings is 1. The third-order valence-corrected chi connectivity index (χ3v) is 6.75. The van der Waals surface area contributed by atoms with E-state index in [1.165, 1.54) is 10.6 Å². The molecule has 1 aliphatic rings. The Morgan fingerprint density at radius 2 is 1.93 bits per heavy atom. The Labute approximate surface area is 159 Å². The van der Waals surface area contributed by atoms with E-state index in [4.69, 9.17) is 0 Å². The lowest BCUT2D eigenvalue weighted by Gasteiger charge is -2.37. The van der Waals surface area contributed by atoms with Gasteiger partial charge in [-0.1, -0.05) is 0 Å². The van der Waals surface area contributed by atoms with Crippen molar-refractivity contribution in [1.82, 2.24) is 13.8 Å². The smallest absolute Gasteiger partial charge is 0.211 e. The van der Waals surface area contributed by atoms with Gasteiger partial charge in [0, 0.05) is 55.2 Å². The molecule has 144 valence electrons. The van der Waals surface area contributed by atoms with Crippen molar-refractivity contribution in [3.05, 3.63) is 35.0 Å². The lowest BCUT2D eigenvalue weighted by atomic mass is 10.1. The molecule has 0 amide bonds. The van der Waals surface area contributed by atoms with Gasteiger partial charge in [-0.25, -0.2) is 8.42 Å². The van der Waals surface area contributed by atoms with Crippen molar-refractivity contribution in [2.24, 2.45) is 0 Å². The Hall–Kier alpha value is -2.21. The number of nitrogens with zero attached hydrogens (tertiary/aromatic N) is 4. The molecule has 0 aliphatic carbocycles. The van der Waals surface area contributed by atoms with Gasteiger partial charge in [0.2, 0.25) is 10.0 Å². The second-order valence-electron chi connectivity index (χ2n) is 7.13. The molecule has 2 heterocycles. The first kappa shape index (κ1) is 19.5. The molecule has 1 aliphatic heterocycles. The third-order valence-electron chi connectivity index (χ3n) is 5.45. The molecule has 0 N–H and O–H groups in total. The normalized spacial score (nSPS) is 17.7. The van der Waals surface area contributed by atoms with Crippen LogP contribution in [0.25, 0.3) is 10.9 Å². The van der Waals surface area contributed by atoms with Gasteiger partial charge in [0.15, 0.2) is 0 Å². The molecule has 0 spiro atoms. The number of hydrogen-bond acceptors (Lipinski definition) is 5. The molecule has 0 bridgehead atoms. The lowest BCUT2D eigenvalue weighted by molar-refractivity contribution is 0.112. The van der Waals surface area contributed by atoms with Crippen LogP contribution in [0, 0.1) is 18.3 Å². The topological polar surface area (TPSA) is 86.4 Å². The summed E-state index contributed by atoms with van der Waals surface area (Å²) >= 11 is 0. The summed E-state index contributed by atoms with van der Waals surface area (Å²) in [5.74, 6) is 0. The van der Waals surface area contributed by atoms with Crippen LogP contribution in [0.5, 0.6) is 0 Å². The largest absolute Gasteiger partial charge is 0.331 e. The summed E-state index contributed by atoms with van der Waals surface area (Å²) < 4.78 is 26.8. The van der Waals surface area contributed by atoms with Crippen molar-refractivity contribution in [2.45, 2.75) is 26.4 Å². The van der Waals surface area contributed by atoms with E-state index in [0.29, 0.717) is 44.0 Å². The maximum absolute atomic E-state index is 11.7. The second kappa shape index (κ2) is 7.43. The van der Waals surface area contributed by atoms with Crippen LogP contribution in [0.4, 0.5) is 0 Å². The molecule has 1 aromatic carbocycles. The van der Waals surface area contributed by atoms with Crippen molar-refractivity contribution in [3.63, 3.8) is 0 Å². The van der Waals surface area contributed by atoms with E-state index in [-0.39, 0.29) is 6.04 Å². The Balaban J connectivity index is 1.83. The van der Waals surface area contributed by atoms with E-state index in [9.17, 15) is 18.5 Å². The Morgan fingerprint density at radius 1 is 1.26 bits per heavy atom. The zero-order valence-electron chi connectivity index (χ0n) is 15.8. The minimum Gasteiger partial charge on any atom is -0.331 e. The fourth-order valence-electron chi connectivity index (χ4n) is 3.77. The minimum absolute atomic E-state index is 0.153. The van der Waals surface area contributed by atoms with Crippen molar-refractivity contribution in [1.29, 1.82) is 5.26 Å². The molecule has 1 aromatic heterocycles. The number of sulfonamides is 1. The molecule has 0 saturated carbocycles. The molecule has 1 saturated heterocycles. The molecular weight excluding hydrogens is 364 g/mol. The first-order chi connectivity index (χ1) is 12.8. The van der Waals surface area contributed by atoms with Crippen LogP contribution in [0.1, 0.15) is 28.5 Å². The molecule has 0 radical (unpaired) electrons. The zero-order chi connectivity index (χ0) is 19.8. The molecule has 1 fully saturated rings. The van der Waals surface area contributed by atoms with Crippen LogP contribution in [0.15, 0.2) is 18.2 Å². The van der Waals surface area contributed by atoms with Crippen molar-refractivity contribution >= 4 is 27.2 Å². The van der Waals surface area contributed by atoms with Gasteiger partial charge in [-0.05, 0) is 37.6 Å². The number of aromatic nitrogens is 1. The molecular formula is C19H24N4O3S. The highest BCUT2D eigenvalue weighted by molar-refractivity contribution is 7.88. The van der Waals surface area contributed by atoms with Gasteiger partial charge < -0.3 is 4.57 Å². The lowest BCUT2D eigenvalue weighted by Crippen LogP contribution is -2.51. The van der Waals surface area contributed by atoms with Crippen LogP contribution >= 0.6 is 0 Å². The highest BCUT2D eigenvalue weighted by Gasteiger charge is 2.26. The van der Waals surface area contributed by atoms with E-state index in [0.717, 1.165) is 22.8 Å². The number of aryl methyl sites for hydroxylation is 1. The van der Waals surface area contributed by atoms with Gasteiger partial charge in [0.05, 0.1) is 6.26 Å². The van der Waals surface area contributed by atoms with Crippen LogP contribution in [-0.4, -0.2) is 67.0 Å². The second-order valence-corrected chi connectivity index (χ2v) is 9.11. The zero-order valence-corrected chi connectivity index (χ0v) is 16.7. The van der Waals surface area contributed by atoms with E-state index in [2.05, 4.69) is 17.9 Å².